The highest BCUT2D eigenvalue weighted by molar-refractivity contribution is 5.83. The number of rotatable bonds is 2. The average Bonchev–Trinajstić information content (AvgIpc) is 2.33. The molecule has 1 aromatic rings. The van der Waals surface area contributed by atoms with Crippen LogP contribution in [0.3, 0.4) is 0 Å². The largest absolute Gasteiger partial charge is 0.360 e. The Morgan fingerprint density at radius 2 is 2.12 bits per heavy atom. The first-order chi connectivity index (χ1) is 8.13. The van der Waals surface area contributed by atoms with E-state index >= 15 is 0 Å². The van der Waals surface area contributed by atoms with Crippen molar-refractivity contribution >= 4 is 11.6 Å². The summed E-state index contributed by atoms with van der Waals surface area (Å²) in [7, 11) is 1.83. The van der Waals surface area contributed by atoms with E-state index in [1.54, 1.807) is 4.90 Å². The smallest absolute Gasteiger partial charge is 0.242 e. The zero-order valence-corrected chi connectivity index (χ0v) is 10.4. The number of likely N-dealkylation sites (N-methyl/N-ethyl adjacent to an activating group) is 1. The van der Waals surface area contributed by atoms with Gasteiger partial charge in [-0.25, -0.2) is 0 Å². The molecule has 4 heteroatoms. The first kappa shape index (κ1) is 11.9. The topological polar surface area (TPSA) is 49.6 Å². The van der Waals surface area contributed by atoms with E-state index in [4.69, 9.17) is 5.73 Å². The van der Waals surface area contributed by atoms with Crippen LogP contribution in [0.5, 0.6) is 0 Å². The summed E-state index contributed by atoms with van der Waals surface area (Å²) in [6.07, 6.45) is 0. The first-order valence-electron chi connectivity index (χ1n) is 5.89. The minimum absolute atomic E-state index is 0.107. The molecule has 17 heavy (non-hydrogen) atoms. The molecule has 1 fully saturated rings. The number of para-hydroxylation sites is 1. The lowest BCUT2D eigenvalue weighted by Gasteiger charge is -2.40. The van der Waals surface area contributed by atoms with Crippen LogP contribution in [-0.2, 0) is 4.79 Å². The third kappa shape index (κ3) is 2.26. The summed E-state index contributed by atoms with van der Waals surface area (Å²) in [5, 5.41) is 0. The number of carbonyl (C=O) groups is 1. The van der Waals surface area contributed by atoms with Gasteiger partial charge >= 0.3 is 0 Å². The van der Waals surface area contributed by atoms with E-state index in [-0.39, 0.29) is 11.9 Å². The quantitative estimate of drug-likeness (QED) is 0.814. The molecule has 4 nitrogen and oxygen atoms in total. The standard InChI is InChI=1S/C13H19N3O/c1-10-5-3-4-6-12(10)16-8-11(7-14)15(2)13(17)9-16/h3-6,11H,7-9,14H2,1-2H3. The molecule has 1 heterocycles. The Balaban J connectivity index is 2.23. The van der Waals surface area contributed by atoms with Crippen LogP contribution in [0.15, 0.2) is 24.3 Å². The zero-order valence-electron chi connectivity index (χ0n) is 10.4. The highest BCUT2D eigenvalue weighted by atomic mass is 16.2. The van der Waals surface area contributed by atoms with E-state index in [1.807, 2.05) is 19.2 Å². The molecule has 1 atom stereocenters. The fraction of sp³-hybridized carbons (Fsp3) is 0.462. The fourth-order valence-corrected chi connectivity index (χ4v) is 2.25. The number of carbonyl (C=O) groups excluding carboxylic acids is 1. The van der Waals surface area contributed by atoms with Gasteiger partial charge in [0.15, 0.2) is 0 Å². The van der Waals surface area contributed by atoms with Crippen LogP contribution < -0.4 is 10.6 Å². The number of nitrogens with zero attached hydrogens (tertiary/aromatic N) is 2. The van der Waals surface area contributed by atoms with Crippen molar-refractivity contribution in [2.75, 3.05) is 31.6 Å². The number of hydrogen-bond donors (Lipinski definition) is 1. The lowest BCUT2D eigenvalue weighted by atomic mass is 10.1. The Hall–Kier alpha value is -1.55. The van der Waals surface area contributed by atoms with Crippen LogP contribution in [0, 0.1) is 6.92 Å². The van der Waals surface area contributed by atoms with Crippen molar-refractivity contribution in [1.29, 1.82) is 0 Å². The number of nitrogens with two attached hydrogens (primary N) is 1. The van der Waals surface area contributed by atoms with E-state index in [2.05, 4.69) is 24.0 Å². The normalized spacial score (nSPS) is 20.9. The van der Waals surface area contributed by atoms with Crippen LogP contribution >= 0.6 is 0 Å². The molecule has 2 N–H and O–H groups in total. The van der Waals surface area contributed by atoms with Gasteiger partial charge in [-0.15, -0.1) is 0 Å². The average molecular weight is 233 g/mol. The molecule has 0 spiro atoms. The second-order valence-corrected chi connectivity index (χ2v) is 4.56. The van der Waals surface area contributed by atoms with E-state index < -0.39 is 0 Å². The molecule has 2 rings (SSSR count). The molecule has 1 aliphatic heterocycles. The summed E-state index contributed by atoms with van der Waals surface area (Å²) < 4.78 is 0. The van der Waals surface area contributed by atoms with Gasteiger partial charge in [-0.3, -0.25) is 4.79 Å². The Morgan fingerprint density at radius 1 is 1.41 bits per heavy atom. The van der Waals surface area contributed by atoms with Gasteiger partial charge in [0.05, 0.1) is 12.6 Å². The summed E-state index contributed by atoms with van der Waals surface area (Å²) in [6, 6.07) is 8.24. The van der Waals surface area contributed by atoms with Crippen LogP contribution in [0.1, 0.15) is 5.56 Å². The minimum Gasteiger partial charge on any atom is -0.360 e. The molecule has 0 aromatic heterocycles. The highest BCUT2D eigenvalue weighted by Gasteiger charge is 2.29. The van der Waals surface area contributed by atoms with E-state index in [0.29, 0.717) is 13.1 Å². The molecule has 1 amide bonds. The minimum atomic E-state index is 0.107. The zero-order chi connectivity index (χ0) is 12.4. The van der Waals surface area contributed by atoms with Gasteiger partial charge < -0.3 is 15.5 Å². The molecule has 0 aliphatic carbocycles. The van der Waals surface area contributed by atoms with Crippen molar-refractivity contribution in [3.05, 3.63) is 29.8 Å². The Morgan fingerprint density at radius 3 is 2.76 bits per heavy atom. The maximum Gasteiger partial charge on any atom is 0.242 e. The summed E-state index contributed by atoms with van der Waals surface area (Å²) in [5.74, 6) is 0.134. The van der Waals surface area contributed by atoms with Gasteiger partial charge in [-0.2, -0.15) is 0 Å². The lowest BCUT2D eigenvalue weighted by molar-refractivity contribution is -0.131. The third-order valence-corrected chi connectivity index (χ3v) is 3.43. The predicted octanol–water partition coefficient (Wildman–Crippen LogP) is 0.601. The van der Waals surface area contributed by atoms with E-state index in [9.17, 15) is 4.79 Å². The van der Waals surface area contributed by atoms with Crippen LogP contribution in [-0.4, -0.2) is 43.5 Å². The van der Waals surface area contributed by atoms with Gasteiger partial charge in [-0.1, -0.05) is 18.2 Å². The Bertz CT molecular complexity index is 419. The summed E-state index contributed by atoms with van der Waals surface area (Å²) in [4.78, 5) is 15.8. The maximum absolute atomic E-state index is 11.9. The number of hydrogen-bond acceptors (Lipinski definition) is 3. The molecule has 0 radical (unpaired) electrons. The van der Waals surface area contributed by atoms with Crippen LogP contribution in [0.25, 0.3) is 0 Å². The molecule has 1 aliphatic rings. The van der Waals surface area contributed by atoms with Gasteiger partial charge in [0.2, 0.25) is 5.91 Å². The molecule has 0 bridgehead atoms. The first-order valence-corrected chi connectivity index (χ1v) is 5.89. The summed E-state index contributed by atoms with van der Waals surface area (Å²) in [5.41, 5.74) is 8.04. The van der Waals surface area contributed by atoms with Crippen molar-refractivity contribution in [2.45, 2.75) is 13.0 Å². The molecule has 1 aromatic carbocycles. The van der Waals surface area contributed by atoms with Crippen molar-refractivity contribution in [3.8, 4) is 0 Å². The van der Waals surface area contributed by atoms with Crippen molar-refractivity contribution < 1.29 is 4.79 Å². The van der Waals surface area contributed by atoms with Crippen molar-refractivity contribution in [3.63, 3.8) is 0 Å². The Kier molecular flexibility index (Phi) is 3.33. The maximum atomic E-state index is 11.9. The second kappa shape index (κ2) is 4.75. The monoisotopic (exact) mass is 233 g/mol. The molecule has 1 saturated heterocycles. The van der Waals surface area contributed by atoms with Crippen molar-refractivity contribution in [1.82, 2.24) is 4.90 Å². The summed E-state index contributed by atoms with van der Waals surface area (Å²) in [6.45, 7) is 3.82. The number of amides is 1. The number of piperazine rings is 1. The van der Waals surface area contributed by atoms with E-state index in [0.717, 1.165) is 12.2 Å². The molecule has 0 saturated carbocycles. The van der Waals surface area contributed by atoms with Crippen LogP contribution in [0.4, 0.5) is 5.69 Å². The fourth-order valence-electron chi connectivity index (χ4n) is 2.25. The van der Waals surface area contributed by atoms with Crippen LogP contribution in [0.2, 0.25) is 0 Å². The highest BCUT2D eigenvalue weighted by Crippen LogP contribution is 2.22. The predicted molar refractivity (Wildman–Crippen MR) is 69.0 cm³/mol. The lowest BCUT2D eigenvalue weighted by Crippen LogP contribution is -2.57. The number of benzene rings is 1. The van der Waals surface area contributed by atoms with Gasteiger partial charge in [0.25, 0.3) is 0 Å². The van der Waals surface area contributed by atoms with Gasteiger partial charge in [0, 0.05) is 25.8 Å². The van der Waals surface area contributed by atoms with Gasteiger partial charge in [0.1, 0.15) is 0 Å². The Labute approximate surface area is 102 Å². The molecular weight excluding hydrogens is 214 g/mol. The van der Waals surface area contributed by atoms with E-state index in [1.165, 1.54) is 5.56 Å². The number of anilines is 1. The van der Waals surface area contributed by atoms with Gasteiger partial charge in [-0.05, 0) is 18.6 Å². The van der Waals surface area contributed by atoms with Crippen molar-refractivity contribution in [2.24, 2.45) is 5.73 Å². The summed E-state index contributed by atoms with van der Waals surface area (Å²) >= 11 is 0. The second-order valence-electron chi connectivity index (χ2n) is 4.56. The molecular formula is C13H19N3O. The molecule has 92 valence electrons. The SMILES string of the molecule is Cc1ccccc1N1CC(=O)N(C)C(CN)C1. The number of aryl methyl sites for hydroxylation is 1. The molecule has 1 unspecified atom stereocenters. The third-order valence-electron chi connectivity index (χ3n) is 3.43.